The van der Waals surface area contributed by atoms with Crippen molar-refractivity contribution in [3.05, 3.63) is 53.5 Å². The zero-order chi connectivity index (χ0) is 15.9. The van der Waals surface area contributed by atoms with Crippen LogP contribution in [0.5, 0.6) is 5.75 Å². The minimum Gasteiger partial charge on any atom is -0.491 e. The maximum absolute atomic E-state index is 11.8. The van der Waals surface area contributed by atoms with Crippen molar-refractivity contribution in [1.82, 2.24) is 5.32 Å². The van der Waals surface area contributed by atoms with Gasteiger partial charge in [0, 0.05) is 6.54 Å². The number of amides is 1. The van der Waals surface area contributed by atoms with E-state index < -0.39 is 6.10 Å². The molecule has 0 aliphatic rings. The van der Waals surface area contributed by atoms with E-state index in [9.17, 15) is 9.90 Å². The quantitative estimate of drug-likeness (QED) is 0.714. The summed E-state index contributed by atoms with van der Waals surface area (Å²) in [4.78, 5) is 11.8. The summed E-state index contributed by atoms with van der Waals surface area (Å²) in [5, 5.41) is 12.5. The maximum atomic E-state index is 11.8. The van der Waals surface area contributed by atoms with E-state index >= 15 is 0 Å². The molecule has 1 atom stereocenters. The number of carbonyl (C=O) groups is 1. The normalized spacial score (nSPS) is 12.0. The van der Waals surface area contributed by atoms with Gasteiger partial charge in [-0.1, -0.05) is 12.1 Å². The second kappa shape index (κ2) is 7.63. The molecular formula is C16H20N2O4. The molecule has 2 rings (SSSR count). The van der Waals surface area contributed by atoms with Crippen LogP contribution in [0, 0.1) is 6.92 Å². The minimum absolute atomic E-state index is 0.0911. The highest BCUT2D eigenvalue weighted by Crippen LogP contribution is 2.12. The first-order valence-corrected chi connectivity index (χ1v) is 7.01. The van der Waals surface area contributed by atoms with Crippen molar-refractivity contribution in [2.45, 2.75) is 19.6 Å². The Bertz CT molecular complexity index is 624. The molecule has 1 amide bonds. The number of benzene rings is 1. The van der Waals surface area contributed by atoms with Gasteiger partial charge >= 0.3 is 0 Å². The minimum atomic E-state index is -0.801. The molecule has 0 aliphatic carbocycles. The van der Waals surface area contributed by atoms with Crippen molar-refractivity contribution in [3.63, 3.8) is 0 Å². The predicted octanol–water partition coefficient (Wildman–Crippen LogP) is 1.22. The SMILES string of the molecule is Cc1cccc(OCC(O)CNC(=O)c2coc(CN)c2)c1. The maximum Gasteiger partial charge on any atom is 0.254 e. The number of hydrogen-bond donors (Lipinski definition) is 3. The van der Waals surface area contributed by atoms with E-state index in [0.717, 1.165) is 5.56 Å². The van der Waals surface area contributed by atoms with Crippen molar-refractivity contribution in [2.75, 3.05) is 13.2 Å². The van der Waals surface area contributed by atoms with E-state index in [0.29, 0.717) is 17.1 Å². The van der Waals surface area contributed by atoms with Gasteiger partial charge in [-0.15, -0.1) is 0 Å². The van der Waals surface area contributed by atoms with Crippen LogP contribution in [0.3, 0.4) is 0 Å². The Hall–Kier alpha value is -2.31. The Morgan fingerprint density at radius 2 is 2.27 bits per heavy atom. The van der Waals surface area contributed by atoms with Crippen molar-refractivity contribution in [1.29, 1.82) is 0 Å². The van der Waals surface area contributed by atoms with E-state index in [1.807, 2.05) is 31.2 Å². The highest BCUT2D eigenvalue weighted by atomic mass is 16.5. The Morgan fingerprint density at radius 3 is 2.95 bits per heavy atom. The summed E-state index contributed by atoms with van der Waals surface area (Å²) in [6, 6.07) is 9.12. The fourth-order valence-electron chi connectivity index (χ4n) is 1.88. The van der Waals surface area contributed by atoms with Gasteiger partial charge in [0.05, 0.1) is 12.1 Å². The summed E-state index contributed by atoms with van der Waals surface area (Å²) in [5.41, 5.74) is 6.87. The van der Waals surface area contributed by atoms with Gasteiger partial charge in [-0.25, -0.2) is 0 Å². The lowest BCUT2D eigenvalue weighted by atomic mass is 10.2. The Labute approximate surface area is 128 Å². The summed E-state index contributed by atoms with van der Waals surface area (Å²) in [6.07, 6.45) is 0.540. The monoisotopic (exact) mass is 304 g/mol. The molecule has 118 valence electrons. The molecule has 0 radical (unpaired) electrons. The first-order valence-electron chi connectivity index (χ1n) is 7.01. The molecular weight excluding hydrogens is 284 g/mol. The van der Waals surface area contributed by atoms with Gasteiger partial charge in [0.1, 0.15) is 30.5 Å². The number of aliphatic hydroxyl groups excluding tert-OH is 1. The fraction of sp³-hybridized carbons (Fsp3) is 0.312. The molecule has 4 N–H and O–H groups in total. The van der Waals surface area contributed by atoms with Crippen molar-refractivity contribution >= 4 is 5.91 Å². The Kier molecular flexibility index (Phi) is 5.57. The highest BCUT2D eigenvalue weighted by molar-refractivity contribution is 5.93. The van der Waals surface area contributed by atoms with Gasteiger partial charge < -0.3 is 25.3 Å². The summed E-state index contributed by atoms with van der Waals surface area (Å²) >= 11 is 0. The van der Waals surface area contributed by atoms with Gasteiger partial charge in [0.25, 0.3) is 5.91 Å². The first-order chi connectivity index (χ1) is 10.6. The number of rotatable bonds is 7. The topological polar surface area (TPSA) is 97.7 Å². The largest absolute Gasteiger partial charge is 0.491 e. The summed E-state index contributed by atoms with van der Waals surface area (Å²) in [7, 11) is 0. The predicted molar refractivity (Wildman–Crippen MR) is 81.6 cm³/mol. The van der Waals surface area contributed by atoms with Gasteiger partial charge in [-0.05, 0) is 30.7 Å². The number of aryl methyl sites for hydroxylation is 1. The van der Waals surface area contributed by atoms with E-state index in [2.05, 4.69) is 5.32 Å². The number of hydrogen-bond acceptors (Lipinski definition) is 5. The third kappa shape index (κ3) is 4.61. The second-order valence-electron chi connectivity index (χ2n) is 5.00. The average molecular weight is 304 g/mol. The van der Waals surface area contributed by atoms with E-state index in [1.165, 1.54) is 6.26 Å². The molecule has 22 heavy (non-hydrogen) atoms. The third-order valence-electron chi connectivity index (χ3n) is 3.05. The van der Waals surface area contributed by atoms with Crippen LogP contribution < -0.4 is 15.8 Å². The van der Waals surface area contributed by atoms with E-state index in [4.69, 9.17) is 14.9 Å². The Balaban J connectivity index is 1.75. The molecule has 1 unspecified atom stereocenters. The average Bonchev–Trinajstić information content (AvgIpc) is 3.00. The van der Waals surface area contributed by atoms with Gasteiger partial charge in [0.15, 0.2) is 0 Å². The number of aliphatic hydroxyl groups is 1. The molecule has 1 aromatic heterocycles. The molecule has 0 spiro atoms. The van der Waals surface area contributed by atoms with Gasteiger partial charge in [0.2, 0.25) is 0 Å². The number of furan rings is 1. The zero-order valence-electron chi connectivity index (χ0n) is 12.4. The molecule has 1 heterocycles. The van der Waals surface area contributed by atoms with Crippen LogP contribution in [-0.2, 0) is 6.54 Å². The second-order valence-corrected chi connectivity index (χ2v) is 5.00. The van der Waals surface area contributed by atoms with E-state index in [-0.39, 0.29) is 25.6 Å². The molecule has 0 saturated carbocycles. The van der Waals surface area contributed by atoms with Crippen LogP contribution in [0.4, 0.5) is 0 Å². The van der Waals surface area contributed by atoms with Crippen LogP contribution in [0.25, 0.3) is 0 Å². The smallest absolute Gasteiger partial charge is 0.254 e. The van der Waals surface area contributed by atoms with E-state index in [1.54, 1.807) is 6.07 Å². The molecule has 0 bridgehead atoms. The lowest BCUT2D eigenvalue weighted by Gasteiger charge is -2.13. The zero-order valence-corrected chi connectivity index (χ0v) is 12.4. The van der Waals surface area contributed by atoms with Crippen molar-refractivity contribution in [2.24, 2.45) is 5.73 Å². The van der Waals surface area contributed by atoms with Crippen molar-refractivity contribution < 1.29 is 19.1 Å². The molecule has 0 aliphatic heterocycles. The lowest BCUT2D eigenvalue weighted by Crippen LogP contribution is -2.35. The van der Waals surface area contributed by atoms with Gasteiger partial charge in [-0.2, -0.15) is 0 Å². The molecule has 1 aromatic carbocycles. The van der Waals surface area contributed by atoms with Crippen molar-refractivity contribution in [3.8, 4) is 5.75 Å². The van der Waals surface area contributed by atoms with Gasteiger partial charge in [-0.3, -0.25) is 4.79 Å². The summed E-state index contributed by atoms with van der Waals surface area (Å²) in [6.45, 7) is 2.39. The number of ether oxygens (including phenoxy) is 1. The third-order valence-corrected chi connectivity index (χ3v) is 3.05. The standard InChI is InChI=1S/C16H20N2O4/c1-11-3-2-4-14(5-11)22-10-13(19)8-18-16(20)12-6-15(7-17)21-9-12/h2-6,9,13,19H,7-8,10,17H2,1H3,(H,18,20). The first kappa shape index (κ1) is 16.1. The number of carbonyl (C=O) groups excluding carboxylic acids is 1. The molecule has 2 aromatic rings. The van der Waals surface area contributed by atoms with Crippen LogP contribution >= 0.6 is 0 Å². The number of nitrogens with one attached hydrogen (secondary N) is 1. The molecule has 0 saturated heterocycles. The fourth-order valence-corrected chi connectivity index (χ4v) is 1.88. The summed E-state index contributed by atoms with van der Waals surface area (Å²) in [5.74, 6) is 0.902. The van der Waals surface area contributed by atoms with Crippen LogP contribution in [0.1, 0.15) is 21.7 Å². The van der Waals surface area contributed by atoms with Crippen LogP contribution in [0.2, 0.25) is 0 Å². The lowest BCUT2D eigenvalue weighted by molar-refractivity contribution is 0.0843. The summed E-state index contributed by atoms with van der Waals surface area (Å²) < 4.78 is 10.6. The molecule has 6 heteroatoms. The highest BCUT2D eigenvalue weighted by Gasteiger charge is 2.12. The van der Waals surface area contributed by atoms with Crippen LogP contribution in [-0.4, -0.2) is 30.3 Å². The molecule has 0 fully saturated rings. The number of nitrogens with two attached hydrogens (primary N) is 1. The molecule has 6 nitrogen and oxygen atoms in total. The Morgan fingerprint density at radius 1 is 1.45 bits per heavy atom. The van der Waals surface area contributed by atoms with Crippen LogP contribution in [0.15, 0.2) is 41.0 Å².